The first-order chi connectivity index (χ1) is 14.8. The van der Waals surface area contributed by atoms with Gasteiger partial charge in [-0.25, -0.2) is 9.59 Å². The lowest BCUT2D eigenvalue weighted by atomic mass is 10.2. The predicted molar refractivity (Wildman–Crippen MR) is 115 cm³/mol. The summed E-state index contributed by atoms with van der Waals surface area (Å²) in [5.74, 6) is -2.35. The summed E-state index contributed by atoms with van der Waals surface area (Å²) in [7, 11) is 1.60. The van der Waals surface area contributed by atoms with E-state index in [2.05, 4.69) is 17.0 Å². The molecule has 2 N–H and O–H groups in total. The zero-order chi connectivity index (χ0) is 22.8. The van der Waals surface area contributed by atoms with Crippen LogP contribution in [-0.2, 0) is 20.9 Å². The number of halogens is 2. The Morgan fingerprint density at radius 1 is 1.06 bits per heavy atom. The second kappa shape index (κ2) is 12.4. The number of benzene rings is 2. The van der Waals surface area contributed by atoms with Crippen molar-refractivity contribution < 1.29 is 34.0 Å². The molecule has 0 saturated carbocycles. The van der Waals surface area contributed by atoms with Crippen LogP contribution in [0.5, 0.6) is 11.5 Å². The number of methoxy groups -OCH3 is 1. The number of aliphatic carboxylic acids is 2. The third kappa shape index (κ3) is 8.63. The Labute approximate surface area is 189 Å². The van der Waals surface area contributed by atoms with E-state index in [9.17, 15) is 0 Å². The van der Waals surface area contributed by atoms with Crippen LogP contribution in [0.3, 0.4) is 0 Å². The van der Waals surface area contributed by atoms with Gasteiger partial charge in [0.25, 0.3) is 0 Å². The van der Waals surface area contributed by atoms with E-state index < -0.39 is 11.9 Å². The first kappa shape index (κ1) is 24.7. The quantitative estimate of drug-likeness (QED) is 0.617. The molecule has 10 heteroatoms. The number of hydrogen-bond acceptors (Lipinski definition) is 6. The zero-order valence-corrected chi connectivity index (χ0v) is 18.3. The van der Waals surface area contributed by atoms with Crippen LogP contribution in [0.1, 0.15) is 5.56 Å². The normalized spacial score (nSPS) is 16.0. The Balaban J connectivity index is 0.000000501. The molecule has 0 spiro atoms. The van der Waals surface area contributed by atoms with Crippen molar-refractivity contribution in [1.29, 1.82) is 0 Å². The van der Waals surface area contributed by atoms with E-state index in [0.29, 0.717) is 29.7 Å². The number of ether oxygens (including phenoxy) is 3. The summed E-state index contributed by atoms with van der Waals surface area (Å²) in [5.41, 5.74) is 1.24. The van der Waals surface area contributed by atoms with E-state index in [0.717, 1.165) is 24.7 Å². The Morgan fingerprint density at radius 2 is 1.71 bits per heavy atom. The Kier molecular flexibility index (Phi) is 9.87. The van der Waals surface area contributed by atoms with Crippen LogP contribution >= 0.6 is 23.2 Å². The van der Waals surface area contributed by atoms with Gasteiger partial charge in [-0.15, -0.1) is 0 Å². The van der Waals surface area contributed by atoms with Gasteiger partial charge in [-0.1, -0.05) is 35.3 Å². The summed E-state index contributed by atoms with van der Waals surface area (Å²) in [4.78, 5) is 20.6. The van der Waals surface area contributed by atoms with Crippen molar-refractivity contribution in [3.63, 3.8) is 0 Å². The highest BCUT2D eigenvalue weighted by atomic mass is 35.5. The minimum atomic E-state index is -1.82. The first-order valence-corrected chi connectivity index (χ1v) is 10.0. The minimum absolute atomic E-state index is 0.0152. The van der Waals surface area contributed by atoms with E-state index in [-0.39, 0.29) is 6.10 Å². The molecule has 1 aliphatic heterocycles. The number of hydrogen-bond donors (Lipinski definition) is 2. The van der Waals surface area contributed by atoms with Crippen molar-refractivity contribution in [2.45, 2.75) is 12.6 Å². The first-order valence-electron chi connectivity index (χ1n) is 9.29. The standard InChI is InChI=1S/C19H21Cl2NO3.C2H2O4/c1-23-19-10-16(21)6-7-18(19)25-13-17-12-22(8-9-24-17)11-14-2-4-15(20)5-3-14;3-1(4)2(5)6/h2-7,10,17H,8-9,11-13H2,1H3;(H,3,4)(H,5,6)/t17-;/m0./s1. The molecule has 3 rings (SSSR count). The molecule has 0 unspecified atom stereocenters. The highest BCUT2D eigenvalue weighted by Gasteiger charge is 2.21. The number of morpholine rings is 1. The van der Waals surface area contributed by atoms with Gasteiger partial charge in [0.1, 0.15) is 12.7 Å². The van der Waals surface area contributed by atoms with E-state index >= 15 is 0 Å². The smallest absolute Gasteiger partial charge is 0.414 e. The van der Waals surface area contributed by atoms with Crippen molar-refractivity contribution in [2.24, 2.45) is 0 Å². The van der Waals surface area contributed by atoms with Crippen LogP contribution in [0.2, 0.25) is 10.0 Å². The average molecular weight is 472 g/mol. The lowest BCUT2D eigenvalue weighted by Crippen LogP contribution is -2.44. The fraction of sp³-hybridized carbons (Fsp3) is 0.333. The van der Waals surface area contributed by atoms with Crippen LogP contribution in [0.4, 0.5) is 0 Å². The van der Waals surface area contributed by atoms with Crippen LogP contribution in [0.15, 0.2) is 42.5 Å². The molecule has 2 aromatic rings. The van der Waals surface area contributed by atoms with E-state index in [4.69, 9.17) is 57.2 Å². The van der Waals surface area contributed by atoms with Crippen LogP contribution in [0.25, 0.3) is 0 Å². The Morgan fingerprint density at radius 3 is 2.32 bits per heavy atom. The third-order valence-corrected chi connectivity index (χ3v) is 4.76. The topological polar surface area (TPSA) is 106 Å². The molecule has 0 amide bonds. The summed E-state index contributed by atoms with van der Waals surface area (Å²) >= 11 is 11.9. The van der Waals surface area contributed by atoms with Crippen LogP contribution in [-0.4, -0.2) is 66.6 Å². The van der Waals surface area contributed by atoms with E-state index in [1.807, 2.05) is 18.2 Å². The second-order valence-corrected chi connectivity index (χ2v) is 7.44. The van der Waals surface area contributed by atoms with Crippen molar-refractivity contribution in [3.05, 3.63) is 58.1 Å². The molecule has 1 fully saturated rings. The summed E-state index contributed by atoms with van der Waals surface area (Å²) in [6, 6.07) is 13.3. The molecule has 0 aliphatic carbocycles. The Hall–Kier alpha value is -2.52. The molecule has 2 aromatic carbocycles. The zero-order valence-electron chi connectivity index (χ0n) is 16.8. The largest absolute Gasteiger partial charge is 0.493 e. The SMILES string of the molecule is COc1cc(Cl)ccc1OC[C@@H]1CN(Cc2ccc(Cl)cc2)CCO1.O=C(O)C(=O)O. The lowest BCUT2D eigenvalue weighted by molar-refractivity contribution is -0.159. The highest BCUT2D eigenvalue weighted by molar-refractivity contribution is 6.31. The van der Waals surface area contributed by atoms with Crippen molar-refractivity contribution in [3.8, 4) is 11.5 Å². The third-order valence-electron chi connectivity index (χ3n) is 4.28. The van der Waals surface area contributed by atoms with E-state index in [1.54, 1.807) is 19.2 Å². The molecule has 0 aromatic heterocycles. The van der Waals surface area contributed by atoms with Crippen molar-refractivity contribution in [1.82, 2.24) is 4.90 Å². The number of carboxylic acids is 2. The Bertz CT molecular complexity index is 865. The maximum absolute atomic E-state index is 9.10. The molecule has 1 saturated heterocycles. The number of carbonyl (C=O) groups is 2. The van der Waals surface area contributed by atoms with Gasteiger partial charge < -0.3 is 24.4 Å². The van der Waals surface area contributed by atoms with Crippen LogP contribution in [0, 0.1) is 0 Å². The predicted octanol–water partition coefficient (Wildman–Crippen LogP) is 3.44. The fourth-order valence-electron chi connectivity index (χ4n) is 2.82. The van der Waals surface area contributed by atoms with Gasteiger partial charge in [0.15, 0.2) is 11.5 Å². The molecule has 1 aliphatic rings. The van der Waals surface area contributed by atoms with E-state index in [1.165, 1.54) is 5.56 Å². The summed E-state index contributed by atoms with van der Waals surface area (Å²) in [5, 5.41) is 16.2. The van der Waals surface area contributed by atoms with Gasteiger partial charge in [0, 0.05) is 35.7 Å². The number of nitrogens with zero attached hydrogens (tertiary/aromatic N) is 1. The maximum atomic E-state index is 9.10. The molecular formula is C21H23Cl2NO7. The van der Waals surface area contributed by atoms with Gasteiger partial charge in [0.05, 0.1) is 13.7 Å². The van der Waals surface area contributed by atoms with Gasteiger partial charge in [-0.2, -0.15) is 0 Å². The highest BCUT2D eigenvalue weighted by Crippen LogP contribution is 2.30. The van der Waals surface area contributed by atoms with Gasteiger partial charge in [-0.05, 0) is 29.8 Å². The second-order valence-electron chi connectivity index (χ2n) is 6.57. The monoisotopic (exact) mass is 471 g/mol. The van der Waals surface area contributed by atoms with Gasteiger partial charge in [-0.3, -0.25) is 4.90 Å². The molecule has 0 bridgehead atoms. The van der Waals surface area contributed by atoms with Gasteiger partial charge >= 0.3 is 11.9 Å². The summed E-state index contributed by atoms with van der Waals surface area (Å²) < 4.78 is 17.0. The molecule has 0 radical (unpaired) electrons. The molecular weight excluding hydrogens is 449 g/mol. The summed E-state index contributed by atoms with van der Waals surface area (Å²) in [6.45, 7) is 3.76. The van der Waals surface area contributed by atoms with Crippen molar-refractivity contribution >= 4 is 35.1 Å². The summed E-state index contributed by atoms with van der Waals surface area (Å²) in [6.07, 6.45) is 0.0152. The number of rotatable bonds is 6. The lowest BCUT2D eigenvalue weighted by Gasteiger charge is -2.32. The molecule has 8 nitrogen and oxygen atoms in total. The molecule has 1 atom stereocenters. The number of carboxylic acid groups (broad SMARTS) is 2. The average Bonchev–Trinajstić information content (AvgIpc) is 2.75. The van der Waals surface area contributed by atoms with Gasteiger partial charge in [0.2, 0.25) is 0 Å². The maximum Gasteiger partial charge on any atom is 0.414 e. The molecule has 168 valence electrons. The molecule has 31 heavy (non-hydrogen) atoms. The molecule has 1 heterocycles. The minimum Gasteiger partial charge on any atom is -0.493 e. The van der Waals surface area contributed by atoms with Crippen LogP contribution < -0.4 is 9.47 Å². The fourth-order valence-corrected chi connectivity index (χ4v) is 3.10. The van der Waals surface area contributed by atoms with Crippen molar-refractivity contribution in [2.75, 3.05) is 33.4 Å².